The molecule has 2 heteroatoms. The van der Waals surface area contributed by atoms with E-state index in [-0.39, 0.29) is 5.91 Å². The molecular weight excluding hydrogens is 258 g/mol. The quantitative estimate of drug-likeness (QED) is 0.765. The fraction of sp³-hybridized carbons (Fsp3) is 0.316. The molecule has 2 nitrogen and oxygen atoms in total. The Labute approximate surface area is 127 Å². The van der Waals surface area contributed by atoms with Crippen LogP contribution in [0.25, 0.3) is 0 Å². The number of carbonyl (C=O) groups excluding carboxylic acids is 1. The van der Waals surface area contributed by atoms with Crippen LogP contribution in [0.5, 0.6) is 0 Å². The molecule has 0 aliphatic rings. The smallest absolute Gasteiger partial charge is 0.232 e. The van der Waals surface area contributed by atoms with Crippen molar-refractivity contribution in [3.05, 3.63) is 71.8 Å². The summed E-state index contributed by atoms with van der Waals surface area (Å²) in [4.78, 5) is 12.4. The number of primary amides is 1. The van der Waals surface area contributed by atoms with Crippen molar-refractivity contribution in [2.45, 2.75) is 38.0 Å². The Kier molecular flexibility index (Phi) is 5.15. The maximum absolute atomic E-state index is 12.4. The molecule has 0 atom stereocenters. The highest BCUT2D eigenvalue weighted by atomic mass is 16.1. The number of hydrogen-bond donors (Lipinski definition) is 1. The lowest BCUT2D eigenvalue weighted by molar-refractivity contribution is -0.122. The van der Waals surface area contributed by atoms with Crippen molar-refractivity contribution in [1.82, 2.24) is 0 Å². The van der Waals surface area contributed by atoms with Gasteiger partial charge in [0, 0.05) is 0 Å². The molecule has 0 aliphatic carbocycles. The van der Waals surface area contributed by atoms with Crippen LogP contribution in [0, 0.1) is 0 Å². The third-order valence-electron chi connectivity index (χ3n) is 4.11. The molecule has 0 unspecified atom stereocenters. The van der Waals surface area contributed by atoms with Gasteiger partial charge in [0.2, 0.25) is 5.91 Å². The molecular formula is C19H23NO. The van der Waals surface area contributed by atoms with Gasteiger partial charge in [-0.25, -0.2) is 0 Å². The molecule has 0 aromatic heterocycles. The van der Waals surface area contributed by atoms with Crippen molar-refractivity contribution in [1.29, 1.82) is 0 Å². The fourth-order valence-corrected chi connectivity index (χ4v) is 2.95. The highest BCUT2D eigenvalue weighted by Crippen LogP contribution is 2.37. The molecule has 0 saturated heterocycles. The predicted octanol–water partition coefficient (Wildman–Crippen LogP) is 4.04. The van der Waals surface area contributed by atoms with E-state index >= 15 is 0 Å². The first-order valence-electron chi connectivity index (χ1n) is 7.62. The van der Waals surface area contributed by atoms with E-state index in [1.54, 1.807) is 0 Å². The van der Waals surface area contributed by atoms with Crippen LogP contribution in [0.15, 0.2) is 60.7 Å². The minimum absolute atomic E-state index is 0.268. The molecule has 0 saturated carbocycles. The van der Waals surface area contributed by atoms with Crippen LogP contribution in [-0.2, 0) is 10.2 Å². The van der Waals surface area contributed by atoms with Gasteiger partial charge in [-0.15, -0.1) is 0 Å². The van der Waals surface area contributed by atoms with Gasteiger partial charge in [-0.05, 0) is 17.5 Å². The zero-order valence-electron chi connectivity index (χ0n) is 12.6. The van der Waals surface area contributed by atoms with Crippen LogP contribution in [0.3, 0.4) is 0 Å². The van der Waals surface area contributed by atoms with Crippen LogP contribution in [0.4, 0.5) is 0 Å². The molecule has 0 aliphatic heterocycles. The highest BCUT2D eigenvalue weighted by molar-refractivity contribution is 5.90. The molecule has 0 fully saturated rings. The Morgan fingerprint density at radius 1 is 0.905 bits per heavy atom. The lowest BCUT2D eigenvalue weighted by Crippen LogP contribution is -2.42. The first-order valence-corrected chi connectivity index (χ1v) is 7.62. The number of rotatable bonds is 7. The Hall–Kier alpha value is -2.09. The van der Waals surface area contributed by atoms with Gasteiger partial charge in [0.15, 0.2) is 0 Å². The van der Waals surface area contributed by atoms with Crippen molar-refractivity contribution in [2.24, 2.45) is 5.73 Å². The summed E-state index contributed by atoms with van der Waals surface area (Å²) >= 11 is 0. The molecule has 0 heterocycles. The summed E-state index contributed by atoms with van der Waals surface area (Å²) < 4.78 is 0. The number of hydrogen-bond acceptors (Lipinski definition) is 1. The van der Waals surface area contributed by atoms with Gasteiger partial charge in [-0.3, -0.25) is 4.79 Å². The van der Waals surface area contributed by atoms with Crippen LogP contribution in [-0.4, -0.2) is 5.91 Å². The van der Waals surface area contributed by atoms with Crippen molar-refractivity contribution < 1.29 is 4.79 Å². The molecule has 2 aromatic rings. The van der Waals surface area contributed by atoms with Crippen molar-refractivity contribution in [3.8, 4) is 0 Å². The van der Waals surface area contributed by atoms with Gasteiger partial charge >= 0.3 is 0 Å². The van der Waals surface area contributed by atoms with Gasteiger partial charge in [0.25, 0.3) is 0 Å². The molecule has 21 heavy (non-hydrogen) atoms. The van der Waals surface area contributed by atoms with Gasteiger partial charge in [-0.1, -0.05) is 86.8 Å². The van der Waals surface area contributed by atoms with Gasteiger partial charge in [-0.2, -0.15) is 0 Å². The second-order valence-electron chi connectivity index (χ2n) is 5.46. The van der Waals surface area contributed by atoms with Crippen LogP contribution in [0.1, 0.15) is 43.7 Å². The number of benzene rings is 2. The summed E-state index contributed by atoms with van der Waals surface area (Å²) in [5.41, 5.74) is 7.13. The zero-order chi connectivity index (χ0) is 15.1. The summed E-state index contributed by atoms with van der Waals surface area (Å²) in [6.45, 7) is 2.16. The van der Waals surface area contributed by atoms with Crippen molar-refractivity contribution in [3.63, 3.8) is 0 Å². The summed E-state index contributed by atoms with van der Waals surface area (Å²) in [6.07, 6.45) is 3.97. The average molecular weight is 281 g/mol. The lowest BCUT2D eigenvalue weighted by atomic mass is 9.70. The van der Waals surface area contributed by atoms with Gasteiger partial charge in [0.1, 0.15) is 0 Å². The van der Waals surface area contributed by atoms with E-state index in [0.717, 1.165) is 36.8 Å². The molecule has 1 amide bonds. The Bertz CT molecular complexity index is 523. The van der Waals surface area contributed by atoms with Crippen molar-refractivity contribution in [2.75, 3.05) is 0 Å². The number of unbranched alkanes of at least 4 members (excludes halogenated alkanes) is 2. The molecule has 2 rings (SSSR count). The number of amides is 1. The Morgan fingerprint density at radius 2 is 1.38 bits per heavy atom. The molecule has 0 radical (unpaired) electrons. The maximum Gasteiger partial charge on any atom is 0.232 e. The first-order chi connectivity index (χ1) is 10.2. The van der Waals surface area contributed by atoms with Gasteiger partial charge < -0.3 is 5.73 Å². The summed E-state index contributed by atoms with van der Waals surface area (Å²) in [7, 11) is 0. The largest absolute Gasteiger partial charge is 0.369 e. The van der Waals surface area contributed by atoms with E-state index in [2.05, 4.69) is 6.92 Å². The van der Waals surface area contributed by atoms with Gasteiger partial charge in [0.05, 0.1) is 5.41 Å². The summed E-state index contributed by atoms with van der Waals surface area (Å²) in [5.74, 6) is -0.268. The molecule has 2 aromatic carbocycles. The van der Waals surface area contributed by atoms with Crippen LogP contribution >= 0.6 is 0 Å². The van der Waals surface area contributed by atoms with E-state index in [0.29, 0.717) is 0 Å². The van der Waals surface area contributed by atoms with E-state index in [1.165, 1.54) is 0 Å². The molecule has 2 N–H and O–H groups in total. The Morgan fingerprint density at radius 3 is 1.76 bits per heavy atom. The second kappa shape index (κ2) is 7.07. The number of carbonyl (C=O) groups is 1. The van der Waals surface area contributed by atoms with Crippen LogP contribution in [0.2, 0.25) is 0 Å². The minimum Gasteiger partial charge on any atom is -0.369 e. The average Bonchev–Trinajstić information content (AvgIpc) is 2.53. The van der Waals surface area contributed by atoms with E-state index in [4.69, 9.17) is 5.73 Å². The third kappa shape index (κ3) is 3.15. The monoisotopic (exact) mass is 281 g/mol. The van der Waals surface area contributed by atoms with E-state index in [1.807, 2.05) is 60.7 Å². The van der Waals surface area contributed by atoms with Crippen LogP contribution < -0.4 is 5.73 Å². The molecule has 0 bridgehead atoms. The number of nitrogens with two attached hydrogens (primary N) is 1. The fourth-order valence-electron chi connectivity index (χ4n) is 2.95. The standard InChI is InChI=1S/C19H23NO/c1-2-3-10-15-19(18(20)21,16-11-6-4-7-12-16)17-13-8-5-9-14-17/h4-9,11-14H,2-3,10,15H2,1H3,(H2,20,21). The maximum atomic E-state index is 12.4. The summed E-state index contributed by atoms with van der Waals surface area (Å²) in [6, 6.07) is 19.8. The van der Waals surface area contributed by atoms with E-state index < -0.39 is 5.41 Å². The Balaban J connectivity index is 2.52. The predicted molar refractivity (Wildman–Crippen MR) is 87.0 cm³/mol. The SMILES string of the molecule is CCCCCC(C(N)=O)(c1ccccc1)c1ccccc1. The molecule has 110 valence electrons. The summed E-state index contributed by atoms with van der Waals surface area (Å²) in [5, 5.41) is 0. The second-order valence-corrected chi connectivity index (χ2v) is 5.46. The normalized spacial score (nSPS) is 11.3. The lowest BCUT2D eigenvalue weighted by Gasteiger charge is -2.32. The minimum atomic E-state index is -0.725. The third-order valence-corrected chi connectivity index (χ3v) is 4.11. The highest BCUT2D eigenvalue weighted by Gasteiger charge is 2.39. The van der Waals surface area contributed by atoms with Crippen molar-refractivity contribution >= 4 is 5.91 Å². The zero-order valence-corrected chi connectivity index (χ0v) is 12.6. The first kappa shape index (κ1) is 15.3. The van der Waals surface area contributed by atoms with E-state index in [9.17, 15) is 4.79 Å². The molecule has 0 spiro atoms. The topological polar surface area (TPSA) is 43.1 Å².